The first-order valence-corrected chi connectivity index (χ1v) is 8.11. The molecule has 3 aromatic heterocycles. The summed E-state index contributed by atoms with van der Waals surface area (Å²) < 4.78 is 6.47. The lowest BCUT2D eigenvalue weighted by Crippen LogP contribution is -2.15. The molecule has 10 heteroatoms. The van der Waals surface area contributed by atoms with Crippen LogP contribution in [0.4, 0.5) is 0 Å². The van der Waals surface area contributed by atoms with Gasteiger partial charge in [0.25, 0.3) is 5.56 Å². The van der Waals surface area contributed by atoms with Gasteiger partial charge >= 0.3 is 5.97 Å². The fourth-order valence-electron chi connectivity index (χ4n) is 1.76. The Labute approximate surface area is 148 Å². The van der Waals surface area contributed by atoms with E-state index in [2.05, 4.69) is 9.97 Å². The van der Waals surface area contributed by atoms with E-state index in [-0.39, 0.29) is 32.9 Å². The smallest absolute Gasteiger partial charge is 0.358 e. The normalized spacial score (nSPS) is 10.9. The number of halogens is 3. The van der Waals surface area contributed by atoms with E-state index >= 15 is 0 Å². The molecule has 0 bridgehead atoms. The van der Waals surface area contributed by atoms with E-state index in [1.807, 2.05) is 0 Å². The summed E-state index contributed by atoms with van der Waals surface area (Å²) in [6.07, 6.45) is 2.82. The maximum Gasteiger partial charge on any atom is 0.358 e. The van der Waals surface area contributed by atoms with E-state index < -0.39 is 5.97 Å². The van der Waals surface area contributed by atoms with Crippen molar-refractivity contribution in [1.29, 1.82) is 0 Å². The van der Waals surface area contributed by atoms with Crippen LogP contribution in [-0.4, -0.2) is 20.3 Å². The van der Waals surface area contributed by atoms with E-state index in [1.165, 1.54) is 28.0 Å². The minimum Gasteiger partial charge on any atom is -0.454 e. The van der Waals surface area contributed by atoms with Crippen molar-refractivity contribution < 1.29 is 9.53 Å². The zero-order valence-electron chi connectivity index (χ0n) is 11.1. The molecule has 0 amide bonds. The molecule has 0 aromatic carbocycles. The number of carbonyl (C=O) groups excluding carboxylic acids is 1. The molecule has 0 unspecified atom stereocenters. The molecule has 0 aliphatic rings. The van der Waals surface area contributed by atoms with Crippen molar-refractivity contribution in [2.45, 2.75) is 6.61 Å². The summed E-state index contributed by atoms with van der Waals surface area (Å²) in [6, 6.07) is 1.29. The van der Waals surface area contributed by atoms with Gasteiger partial charge in [0.1, 0.15) is 6.61 Å². The van der Waals surface area contributed by atoms with Gasteiger partial charge in [0.05, 0.1) is 20.8 Å². The molecule has 0 atom stereocenters. The molecule has 0 aliphatic heterocycles. The fourth-order valence-corrected chi connectivity index (χ4v) is 3.05. The van der Waals surface area contributed by atoms with Crippen molar-refractivity contribution in [3.05, 3.63) is 60.6 Å². The standard InChI is InChI=1S/C13H6Cl3N3O3S/c14-7-4-17-11(10(16)9(7)15)12(21)22-5-6-3-8(20)19-1-2-23-13(19)18-6/h1-4H,5H2. The first-order chi connectivity index (χ1) is 11.0. The number of thiazole rings is 1. The van der Waals surface area contributed by atoms with Crippen molar-refractivity contribution in [2.24, 2.45) is 0 Å². The summed E-state index contributed by atoms with van der Waals surface area (Å²) in [7, 11) is 0. The first-order valence-electron chi connectivity index (χ1n) is 6.10. The molecule has 0 radical (unpaired) electrons. The number of aromatic nitrogens is 3. The largest absolute Gasteiger partial charge is 0.454 e. The number of carbonyl (C=O) groups is 1. The van der Waals surface area contributed by atoms with Crippen molar-refractivity contribution in [2.75, 3.05) is 0 Å². The molecule has 0 spiro atoms. The first kappa shape index (κ1) is 16.2. The van der Waals surface area contributed by atoms with Gasteiger partial charge in [-0.3, -0.25) is 9.20 Å². The number of pyridine rings is 1. The van der Waals surface area contributed by atoms with Crippen molar-refractivity contribution in [1.82, 2.24) is 14.4 Å². The monoisotopic (exact) mass is 389 g/mol. The average Bonchev–Trinajstić information content (AvgIpc) is 2.99. The average molecular weight is 391 g/mol. The second kappa shape index (κ2) is 6.45. The minimum absolute atomic E-state index is 0.0201. The lowest BCUT2D eigenvalue weighted by molar-refractivity contribution is 0.0461. The Balaban J connectivity index is 1.81. The van der Waals surface area contributed by atoms with Gasteiger partial charge < -0.3 is 4.74 Å². The third-order valence-corrected chi connectivity index (χ3v) is 4.82. The lowest BCUT2D eigenvalue weighted by atomic mass is 10.3. The highest BCUT2D eigenvalue weighted by molar-refractivity contribution is 7.15. The van der Waals surface area contributed by atoms with E-state index in [0.717, 1.165) is 0 Å². The highest BCUT2D eigenvalue weighted by Gasteiger charge is 2.18. The second-order valence-corrected chi connectivity index (χ2v) is 6.34. The summed E-state index contributed by atoms with van der Waals surface area (Å²) in [4.78, 5) is 32.4. The van der Waals surface area contributed by atoms with Crippen LogP contribution in [0.1, 0.15) is 16.2 Å². The van der Waals surface area contributed by atoms with Crippen molar-refractivity contribution in [3.8, 4) is 0 Å². The number of fused-ring (bicyclic) bond motifs is 1. The summed E-state index contributed by atoms with van der Waals surface area (Å²) >= 11 is 18.8. The number of nitrogens with zero attached hydrogens (tertiary/aromatic N) is 3. The molecule has 0 aliphatic carbocycles. The van der Waals surface area contributed by atoms with Gasteiger partial charge in [-0.2, -0.15) is 0 Å². The zero-order chi connectivity index (χ0) is 16.6. The molecule has 118 valence electrons. The maximum absolute atomic E-state index is 12.0. The molecule has 3 heterocycles. The molecule has 0 saturated heterocycles. The summed E-state index contributed by atoms with van der Waals surface area (Å²) in [5.41, 5.74) is -0.0926. The maximum atomic E-state index is 12.0. The fraction of sp³-hybridized carbons (Fsp3) is 0.0769. The third-order valence-electron chi connectivity index (χ3n) is 2.82. The third kappa shape index (κ3) is 3.18. The molecule has 3 rings (SSSR count). The molecule has 0 N–H and O–H groups in total. The van der Waals surface area contributed by atoms with Crippen LogP contribution in [0.5, 0.6) is 0 Å². The van der Waals surface area contributed by atoms with Gasteiger partial charge in [-0.25, -0.2) is 14.8 Å². The summed E-state index contributed by atoms with van der Waals surface area (Å²) in [6.45, 7) is -0.194. The van der Waals surface area contributed by atoms with Gasteiger partial charge in [0.2, 0.25) is 0 Å². The Morgan fingerprint density at radius 3 is 2.87 bits per heavy atom. The van der Waals surface area contributed by atoms with Gasteiger partial charge in [-0.05, 0) is 0 Å². The number of hydrogen-bond acceptors (Lipinski definition) is 6. The number of esters is 1. The summed E-state index contributed by atoms with van der Waals surface area (Å²) in [5, 5.41) is 1.79. The quantitative estimate of drug-likeness (QED) is 0.640. The van der Waals surface area contributed by atoms with E-state index in [0.29, 0.717) is 10.7 Å². The van der Waals surface area contributed by atoms with Crippen molar-refractivity contribution in [3.63, 3.8) is 0 Å². The predicted octanol–water partition coefficient (Wildman–Crippen LogP) is 3.47. The molecule has 0 saturated carbocycles. The number of rotatable bonds is 3. The van der Waals surface area contributed by atoms with Crippen LogP contribution < -0.4 is 5.56 Å². The number of hydrogen-bond donors (Lipinski definition) is 0. The van der Waals surface area contributed by atoms with Crippen LogP contribution in [-0.2, 0) is 11.3 Å². The molecule has 23 heavy (non-hydrogen) atoms. The molecule has 6 nitrogen and oxygen atoms in total. The van der Waals surface area contributed by atoms with Crippen LogP contribution >= 0.6 is 46.1 Å². The second-order valence-electron chi connectivity index (χ2n) is 4.30. The highest BCUT2D eigenvalue weighted by atomic mass is 35.5. The van der Waals surface area contributed by atoms with Crippen molar-refractivity contribution >= 4 is 57.1 Å². The molecule has 0 fully saturated rings. The molecular weight excluding hydrogens is 385 g/mol. The van der Waals surface area contributed by atoms with Gasteiger partial charge in [0, 0.05) is 23.8 Å². The van der Waals surface area contributed by atoms with Gasteiger partial charge in [-0.1, -0.05) is 34.8 Å². The topological polar surface area (TPSA) is 73.6 Å². The number of ether oxygens (including phenoxy) is 1. The van der Waals surface area contributed by atoms with Crippen LogP contribution in [0.3, 0.4) is 0 Å². The summed E-state index contributed by atoms with van der Waals surface area (Å²) in [5.74, 6) is -0.790. The predicted molar refractivity (Wildman–Crippen MR) is 87.7 cm³/mol. The SMILES string of the molecule is O=C(OCc1cc(=O)n2ccsc2n1)c1ncc(Cl)c(Cl)c1Cl. The Morgan fingerprint density at radius 1 is 1.30 bits per heavy atom. The highest BCUT2D eigenvalue weighted by Crippen LogP contribution is 2.31. The van der Waals surface area contributed by atoms with Gasteiger partial charge in [-0.15, -0.1) is 11.3 Å². The molecule has 3 aromatic rings. The van der Waals surface area contributed by atoms with Crippen LogP contribution in [0, 0.1) is 0 Å². The van der Waals surface area contributed by atoms with Crippen LogP contribution in [0.15, 0.2) is 28.6 Å². The van der Waals surface area contributed by atoms with E-state index in [9.17, 15) is 9.59 Å². The molecular formula is C13H6Cl3N3O3S. The van der Waals surface area contributed by atoms with Crippen LogP contribution in [0.2, 0.25) is 15.1 Å². The Hall–Kier alpha value is -1.67. The van der Waals surface area contributed by atoms with Gasteiger partial charge in [0.15, 0.2) is 10.7 Å². The van der Waals surface area contributed by atoms with Crippen LogP contribution in [0.25, 0.3) is 4.96 Å². The van der Waals surface area contributed by atoms with E-state index in [4.69, 9.17) is 39.5 Å². The van der Waals surface area contributed by atoms with E-state index in [1.54, 1.807) is 11.6 Å². The lowest BCUT2D eigenvalue weighted by Gasteiger charge is -2.07. The Bertz CT molecular complexity index is 970. The Kier molecular flexibility index (Phi) is 4.54. The minimum atomic E-state index is -0.790. The Morgan fingerprint density at radius 2 is 2.09 bits per heavy atom. The zero-order valence-corrected chi connectivity index (χ0v) is 14.2.